The minimum Gasteiger partial charge on any atom is -0.396 e. The molecule has 0 aromatic carbocycles. The number of piperidine rings is 1. The SMILES string of the molecule is CC(C)c1nccc(C(=O)N2CC[C@@H](N3CCN(C)CC3)[C@@H](CCCO)C2)n1. The zero-order valence-corrected chi connectivity index (χ0v) is 17.5. The third-order valence-electron chi connectivity index (χ3n) is 6.13. The molecular formula is C21H35N5O2. The molecule has 0 saturated carbocycles. The number of aliphatic hydroxyl groups is 1. The molecule has 0 aliphatic carbocycles. The van der Waals surface area contributed by atoms with Gasteiger partial charge in [0.25, 0.3) is 5.91 Å². The van der Waals surface area contributed by atoms with E-state index in [0.29, 0.717) is 17.7 Å². The maximum absolute atomic E-state index is 13.1. The maximum Gasteiger partial charge on any atom is 0.272 e. The van der Waals surface area contributed by atoms with Crippen LogP contribution < -0.4 is 0 Å². The van der Waals surface area contributed by atoms with Crippen molar-refractivity contribution < 1.29 is 9.90 Å². The van der Waals surface area contributed by atoms with Gasteiger partial charge in [-0.05, 0) is 38.3 Å². The molecule has 0 unspecified atom stereocenters. The first kappa shape index (κ1) is 21.1. The standard InChI is InChI=1S/C21H35N5O2/c1-16(2)20-22-8-6-18(23-20)21(28)26-9-7-19(17(15-26)5-4-14-27)25-12-10-24(3)11-13-25/h6,8,16-17,19,27H,4-5,7,9-15H2,1-3H3/t17-,19+/m0/s1. The van der Waals surface area contributed by atoms with Gasteiger partial charge in [0.05, 0.1) is 0 Å². The first-order valence-electron chi connectivity index (χ1n) is 10.6. The van der Waals surface area contributed by atoms with Gasteiger partial charge in [-0.2, -0.15) is 0 Å². The predicted molar refractivity (Wildman–Crippen MR) is 109 cm³/mol. The molecule has 3 heterocycles. The van der Waals surface area contributed by atoms with Gasteiger partial charge in [-0.3, -0.25) is 9.69 Å². The molecule has 1 N–H and O–H groups in total. The molecule has 7 heteroatoms. The number of nitrogens with zero attached hydrogens (tertiary/aromatic N) is 5. The Morgan fingerprint density at radius 3 is 2.68 bits per heavy atom. The lowest BCUT2D eigenvalue weighted by Gasteiger charge is -2.46. The minimum absolute atomic E-state index is 0.00938. The summed E-state index contributed by atoms with van der Waals surface area (Å²) in [6.45, 7) is 10.2. The zero-order chi connectivity index (χ0) is 20.1. The van der Waals surface area contributed by atoms with E-state index in [2.05, 4.69) is 26.8 Å². The van der Waals surface area contributed by atoms with Gasteiger partial charge < -0.3 is 14.9 Å². The summed E-state index contributed by atoms with van der Waals surface area (Å²) in [5.74, 6) is 1.33. The van der Waals surface area contributed by atoms with Crippen LogP contribution in [-0.4, -0.2) is 94.6 Å². The Kier molecular flexibility index (Phi) is 7.37. The molecule has 2 fully saturated rings. The zero-order valence-electron chi connectivity index (χ0n) is 17.5. The highest BCUT2D eigenvalue weighted by Gasteiger charge is 2.36. The van der Waals surface area contributed by atoms with Crippen LogP contribution in [0.3, 0.4) is 0 Å². The molecule has 3 rings (SSSR count). The number of aromatic nitrogens is 2. The summed E-state index contributed by atoms with van der Waals surface area (Å²) in [5.41, 5.74) is 0.498. The molecule has 1 aromatic rings. The summed E-state index contributed by atoms with van der Waals surface area (Å²) in [7, 11) is 2.18. The minimum atomic E-state index is 0.00938. The van der Waals surface area contributed by atoms with Crippen LogP contribution in [0, 0.1) is 5.92 Å². The van der Waals surface area contributed by atoms with Crippen molar-refractivity contribution in [2.24, 2.45) is 5.92 Å². The van der Waals surface area contributed by atoms with Crippen molar-refractivity contribution in [3.05, 3.63) is 23.8 Å². The van der Waals surface area contributed by atoms with E-state index in [4.69, 9.17) is 0 Å². The average molecular weight is 390 g/mol. The number of carbonyl (C=O) groups is 1. The lowest BCUT2D eigenvalue weighted by molar-refractivity contribution is 0.0215. The molecule has 2 aliphatic heterocycles. The monoisotopic (exact) mass is 389 g/mol. The van der Waals surface area contributed by atoms with Gasteiger partial charge in [0.2, 0.25) is 0 Å². The van der Waals surface area contributed by atoms with Crippen LogP contribution in [0.1, 0.15) is 55.3 Å². The molecule has 2 saturated heterocycles. The van der Waals surface area contributed by atoms with Crippen molar-refractivity contribution in [1.29, 1.82) is 0 Å². The maximum atomic E-state index is 13.1. The Bertz CT molecular complexity index is 645. The first-order chi connectivity index (χ1) is 13.5. The van der Waals surface area contributed by atoms with Crippen molar-refractivity contribution in [2.75, 3.05) is 52.9 Å². The molecule has 1 amide bonds. The second-order valence-electron chi connectivity index (χ2n) is 8.53. The molecule has 7 nitrogen and oxygen atoms in total. The Morgan fingerprint density at radius 2 is 2.00 bits per heavy atom. The van der Waals surface area contributed by atoms with E-state index >= 15 is 0 Å². The number of likely N-dealkylation sites (N-methyl/N-ethyl adjacent to an activating group) is 1. The summed E-state index contributed by atoms with van der Waals surface area (Å²) < 4.78 is 0. The van der Waals surface area contributed by atoms with E-state index in [-0.39, 0.29) is 18.4 Å². The van der Waals surface area contributed by atoms with Crippen LogP contribution in [0.5, 0.6) is 0 Å². The molecule has 2 atom stereocenters. The molecule has 156 valence electrons. The normalized spacial score (nSPS) is 24.7. The molecule has 0 bridgehead atoms. The van der Waals surface area contributed by atoms with E-state index in [1.807, 2.05) is 18.7 Å². The fourth-order valence-corrected chi connectivity index (χ4v) is 4.41. The summed E-state index contributed by atoms with van der Waals surface area (Å²) >= 11 is 0. The quantitative estimate of drug-likeness (QED) is 0.794. The average Bonchev–Trinajstić information content (AvgIpc) is 2.72. The lowest BCUT2D eigenvalue weighted by atomic mass is 9.86. The van der Waals surface area contributed by atoms with E-state index in [9.17, 15) is 9.90 Å². The second kappa shape index (κ2) is 9.76. The molecular weight excluding hydrogens is 354 g/mol. The Morgan fingerprint density at radius 1 is 1.25 bits per heavy atom. The van der Waals surface area contributed by atoms with E-state index in [1.54, 1.807) is 12.3 Å². The number of hydrogen-bond donors (Lipinski definition) is 1. The van der Waals surface area contributed by atoms with Gasteiger partial charge >= 0.3 is 0 Å². The number of likely N-dealkylation sites (tertiary alicyclic amines) is 1. The van der Waals surface area contributed by atoms with E-state index < -0.39 is 0 Å². The highest BCUT2D eigenvalue weighted by Crippen LogP contribution is 2.28. The smallest absolute Gasteiger partial charge is 0.272 e. The number of hydrogen-bond acceptors (Lipinski definition) is 6. The number of piperazine rings is 1. The largest absolute Gasteiger partial charge is 0.396 e. The fourth-order valence-electron chi connectivity index (χ4n) is 4.41. The predicted octanol–water partition coefficient (Wildman–Crippen LogP) is 1.45. The Hall–Kier alpha value is -1.57. The molecule has 0 radical (unpaired) electrons. The molecule has 28 heavy (non-hydrogen) atoms. The van der Waals surface area contributed by atoms with Gasteiger partial charge in [-0.25, -0.2) is 9.97 Å². The van der Waals surface area contributed by atoms with Crippen molar-refractivity contribution in [3.63, 3.8) is 0 Å². The molecule has 0 spiro atoms. The third-order valence-corrected chi connectivity index (χ3v) is 6.13. The van der Waals surface area contributed by atoms with E-state index in [0.717, 1.165) is 64.4 Å². The summed E-state index contributed by atoms with van der Waals surface area (Å²) in [6, 6.07) is 2.23. The Balaban J connectivity index is 1.69. The molecule has 2 aliphatic rings. The van der Waals surface area contributed by atoms with Crippen molar-refractivity contribution in [1.82, 2.24) is 24.7 Å². The van der Waals surface area contributed by atoms with Gasteiger partial charge in [0.1, 0.15) is 11.5 Å². The number of aliphatic hydroxyl groups excluding tert-OH is 1. The van der Waals surface area contributed by atoms with Gasteiger partial charge in [-0.1, -0.05) is 13.8 Å². The van der Waals surface area contributed by atoms with Crippen molar-refractivity contribution >= 4 is 5.91 Å². The second-order valence-corrected chi connectivity index (χ2v) is 8.53. The van der Waals surface area contributed by atoms with Crippen LogP contribution in [0.15, 0.2) is 12.3 Å². The summed E-state index contributed by atoms with van der Waals surface area (Å²) in [4.78, 5) is 28.8. The van der Waals surface area contributed by atoms with Gasteiger partial charge in [-0.15, -0.1) is 0 Å². The van der Waals surface area contributed by atoms with Gasteiger partial charge in [0.15, 0.2) is 0 Å². The number of rotatable bonds is 6. The van der Waals surface area contributed by atoms with Crippen LogP contribution in [0.25, 0.3) is 0 Å². The topological polar surface area (TPSA) is 72.8 Å². The van der Waals surface area contributed by atoms with Crippen molar-refractivity contribution in [2.45, 2.75) is 45.1 Å². The van der Waals surface area contributed by atoms with Gasteiger partial charge in [0, 0.05) is 64.0 Å². The first-order valence-corrected chi connectivity index (χ1v) is 10.6. The number of carbonyl (C=O) groups excluding carboxylic acids is 1. The van der Waals surface area contributed by atoms with Crippen LogP contribution in [-0.2, 0) is 0 Å². The van der Waals surface area contributed by atoms with Crippen LogP contribution >= 0.6 is 0 Å². The molecule has 1 aromatic heterocycles. The number of amides is 1. The Labute approximate surface area is 168 Å². The highest BCUT2D eigenvalue weighted by atomic mass is 16.3. The third kappa shape index (κ3) is 5.07. The fraction of sp³-hybridized carbons (Fsp3) is 0.762. The lowest BCUT2D eigenvalue weighted by Crippen LogP contribution is -2.57. The van der Waals surface area contributed by atoms with Crippen LogP contribution in [0.4, 0.5) is 0 Å². The summed E-state index contributed by atoms with van der Waals surface area (Å²) in [6.07, 6.45) is 4.43. The van der Waals surface area contributed by atoms with Crippen LogP contribution in [0.2, 0.25) is 0 Å². The van der Waals surface area contributed by atoms with Crippen molar-refractivity contribution in [3.8, 4) is 0 Å². The van der Waals surface area contributed by atoms with E-state index in [1.165, 1.54) is 0 Å². The summed E-state index contributed by atoms with van der Waals surface area (Å²) in [5, 5.41) is 9.35. The highest BCUT2D eigenvalue weighted by molar-refractivity contribution is 5.92.